The quantitative estimate of drug-likeness (QED) is 0.816. The molecule has 1 fully saturated rings. The van der Waals surface area contributed by atoms with Crippen LogP contribution in [-0.2, 0) is 9.57 Å². The third-order valence-electron chi connectivity index (χ3n) is 3.38. The van der Waals surface area contributed by atoms with Crippen molar-refractivity contribution >= 4 is 21.8 Å². The first kappa shape index (κ1) is 15.2. The molecule has 1 saturated heterocycles. The lowest BCUT2D eigenvalue weighted by Crippen LogP contribution is -2.33. The fourth-order valence-electron chi connectivity index (χ4n) is 2.18. The highest BCUT2D eigenvalue weighted by atomic mass is 79.9. The summed E-state index contributed by atoms with van der Waals surface area (Å²) in [6, 6.07) is 9.38. The lowest BCUT2D eigenvalue weighted by Gasteiger charge is -2.21. The molecule has 1 unspecified atom stereocenters. The number of amides is 1. The van der Waals surface area contributed by atoms with Crippen LogP contribution in [0.15, 0.2) is 34.8 Å². The highest BCUT2D eigenvalue weighted by Gasteiger charge is 2.17. The fourth-order valence-corrected chi connectivity index (χ4v) is 2.45. The van der Waals surface area contributed by atoms with Crippen molar-refractivity contribution < 1.29 is 14.4 Å². The molecule has 0 aliphatic carbocycles. The number of aromatic nitrogens is 2. The SMILES string of the molecule is O=C(NOC1CCCCO1)c1cc(-c2ccc(Br)cc2)n[nH]1. The van der Waals surface area contributed by atoms with Crippen molar-refractivity contribution in [2.24, 2.45) is 0 Å². The molecule has 22 heavy (non-hydrogen) atoms. The molecular formula is C15H16BrN3O3. The average Bonchev–Trinajstić information content (AvgIpc) is 3.04. The molecule has 1 aromatic carbocycles. The standard InChI is InChI=1S/C15H16BrN3O3/c16-11-6-4-10(5-7-11)12-9-13(18-17-12)15(20)19-22-14-3-1-2-8-21-14/h4-7,9,14H,1-3,8H2,(H,17,18)(H,19,20). The molecule has 116 valence electrons. The molecule has 0 bridgehead atoms. The molecule has 0 radical (unpaired) electrons. The van der Waals surface area contributed by atoms with Gasteiger partial charge in [0.15, 0.2) is 6.29 Å². The van der Waals surface area contributed by atoms with E-state index in [0.717, 1.165) is 29.3 Å². The summed E-state index contributed by atoms with van der Waals surface area (Å²) < 4.78 is 6.37. The highest BCUT2D eigenvalue weighted by molar-refractivity contribution is 9.10. The minimum absolute atomic E-state index is 0.341. The van der Waals surface area contributed by atoms with Gasteiger partial charge in [-0.15, -0.1) is 0 Å². The molecule has 1 aromatic heterocycles. The Morgan fingerprint density at radius 3 is 2.91 bits per heavy atom. The topological polar surface area (TPSA) is 76.2 Å². The van der Waals surface area contributed by atoms with Crippen LogP contribution in [0.1, 0.15) is 29.8 Å². The summed E-state index contributed by atoms with van der Waals surface area (Å²) in [6.07, 6.45) is 2.49. The molecule has 1 amide bonds. The number of hydroxylamine groups is 1. The van der Waals surface area contributed by atoms with E-state index in [0.29, 0.717) is 18.0 Å². The molecule has 2 heterocycles. The van der Waals surface area contributed by atoms with Gasteiger partial charge < -0.3 is 4.74 Å². The number of nitrogens with one attached hydrogen (secondary N) is 2. The zero-order valence-corrected chi connectivity index (χ0v) is 13.4. The van der Waals surface area contributed by atoms with Crippen LogP contribution in [0.25, 0.3) is 11.3 Å². The Morgan fingerprint density at radius 2 is 2.18 bits per heavy atom. The predicted molar refractivity (Wildman–Crippen MR) is 83.9 cm³/mol. The van der Waals surface area contributed by atoms with Gasteiger partial charge in [-0.3, -0.25) is 9.89 Å². The number of carbonyl (C=O) groups excluding carboxylic acids is 1. The summed E-state index contributed by atoms with van der Waals surface area (Å²) in [7, 11) is 0. The average molecular weight is 366 g/mol. The lowest BCUT2D eigenvalue weighted by atomic mass is 10.1. The molecule has 2 N–H and O–H groups in total. The number of nitrogens with zero attached hydrogens (tertiary/aromatic N) is 1. The van der Waals surface area contributed by atoms with E-state index >= 15 is 0 Å². The van der Waals surface area contributed by atoms with Crippen LogP contribution < -0.4 is 5.48 Å². The number of hydrogen-bond acceptors (Lipinski definition) is 4. The first-order chi connectivity index (χ1) is 10.7. The zero-order chi connectivity index (χ0) is 15.4. The Hall–Kier alpha value is -1.70. The van der Waals surface area contributed by atoms with Crippen molar-refractivity contribution in [3.63, 3.8) is 0 Å². The van der Waals surface area contributed by atoms with Crippen LogP contribution in [0.5, 0.6) is 0 Å². The molecule has 3 rings (SSSR count). The number of halogens is 1. The number of rotatable bonds is 4. The first-order valence-electron chi connectivity index (χ1n) is 7.11. The van der Waals surface area contributed by atoms with Crippen LogP contribution in [0.4, 0.5) is 0 Å². The number of hydrogen-bond donors (Lipinski definition) is 2. The number of benzene rings is 1. The maximum Gasteiger partial charge on any atom is 0.292 e. The number of carbonyl (C=O) groups is 1. The summed E-state index contributed by atoms with van der Waals surface area (Å²) in [5.74, 6) is -0.370. The largest absolute Gasteiger partial charge is 0.350 e. The molecule has 0 spiro atoms. The van der Waals surface area contributed by atoms with E-state index in [9.17, 15) is 4.79 Å². The smallest absolute Gasteiger partial charge is 0.292 e. The van der Waals surface area contributed by atoms with Gasteiger partial charge in [0, 0.05) is 23.1 Å². The van der Waals surface area contributed by atoms with Gasteiger partial charge in [-0.05, 0) is 31.0 Å². The number of aromatic amines is 1. The first-order valence-corrected chi connectivity index (χ1v) is 7.90. The van der Waals surface area contributed by atoms with E-state index in [-0.39, 0.29) is 12.2 Å². The second-order valence-electron chi connectivity index (χ2n) is 5.02. The third kappa shape index (κ3) is 3.73. The van der Waals surface area contributed by atoms with Crippen molar-refractivity contribution in [2.45, 2.75) is 25.6 Å². The summed E-state index contributed by atoms with van der Waals surface area (Å²) in [5.41, 5.74) is 4.37. The van der Waals surface area contributed by atoms with Gasteiger partial charge >= 0.3 is 0 Å². The molecule has 1 aliphatic heterocycles. The summed E-state index contributed by atoms with van der Waals surface area (Å²) >= 11 is 3.38. The molecular weight excluding hydrogens is 350 g/mol. The van der Waals surface area contributed by atoms with Crippen LogP contribution >= 0.6 is 15.9 Å². The van der Waals surface area contributed by atoms with Gasteiger partial charge in [-0.2, -0.15) is 5.10 Å². The van der Waals surface area contributed by atoms with E-state index in [4.69, 9.17) is 9.57 Å². The Labute approximate surface area is 136 Å². The summed E-state index contributed by atoms with van der Waals surface area (Å²) in [6.45, 7) is 0.665. The molecule has 1 aliphatic rings. The summed E-state index contributed by atoms with van der Waals surface area (Å²) in [5, 5.41) is 6.86. The van der Waals surface area contributed by atoms with Gasteiger partial charge in [0.25, 0.3) is 5.91 Å². The molecule has 6 nitrogen and oxygen atoms in total. The van der Waals surface area contributed by atoms with Crippen molar-refractivity contribution in [3.05, 3.63) is 40.5 Å². The second kappa shape index (κ2) is 7.04. The maximum absolute atomic E-state index is 12.0. The van der Waals surface area contributed by atoms with E-state index < -0.39 is 0 Å². The Balaban J connectivity index is 1.60. The van der Waals surface area contributed by atoms with Crippen LogP contribution in [0, 0.1) is 0 Å². The Kier molecular flexibility index (Phi) is 4.87. The zero-order valence-electron chi connectivity index (χ0n) is 11.8. The van der Waals surface area contributed by atoms with E-state index in [1.54, 1.807) is 6.07 Å². The van der Waals surface area contributed by atoms with Crippen molar-refractivity contribution in [2.75, 3.05) is 6.61 Å². The number of ether oxygens (including phenoxy) is 1. The minimum atomic E-state index is -0.370. The van der Waals surface area contributed by atoms with Gasteiger partial charge in [0.2, 0.25) is 0 Å². The fraction of sp³-hybridized carbons (Fsp3) is 0.333. The molecule has 2 aromatic rings. The van der Waals surface area contributed by atoms with Gasteiger partial charge in [0.1, 0.15) is 5.69 Å². The summed E-state index contributed by atoms with van der Waals surface area (Å²) in [4.78, 5) is 17.3. The van der Waals surface area contributed by atoms with Crippen LogP contribution in [-0.4, -0.2) is 29.0 Å². The minimum Gasteiger partial charge on any atom is -0.350 e. The Morgan fingerprint density at radius 1 is 1.36 bits per heavy atom. The van der Waals surface area contributed by atoms with Crippen LogP contribution in [0.2, 0.25) is 0 Å². The number of H-pyrrole nitrogens is 1. The van der Waals surface area contributed by atoms with E-state index in [1.807, 2.05) is 24.3 Å². The normalized spacial score (nSPS) is 18.1. The monoisotopic (exact) mass is 365 g/mol. The molecule has 7 heteroatoms. The lowest BCUT2D eigenvalue weighted by molar-refractivity contribution is -0.186. The Bertz CT molecular complexity index is 636. The third-order valence-corrected chi connectivity index (χ3v) is 3.91. The maximum atomic E-state index is 12.0. The van der Waals surface area contributed by atoms with E-state index in [1.165, 1.54) is 0 Å². The van der Waals surface area contributed by atoms with Crippen molar-refractivity contribution in [3.8, 4) is 11.3 Å². The molecule has 1 atom stereocenters. The van der Waals surface area contributed by atoms with E-state index in [2.05, 4.69) is 31.6 Å². The van der Waals surface area contributed by atoms with Gasteiger partial charge in [-0.1, -0.05) is 28.1 Å². The van der Waals surface area contributed by atoms with Crippen molar-refractivity contribution in [1.29, 1.82) is 0 Å². The van der Waals surface area contributed by atoms with Crippen molar-refractivity contribution in [1.82, 2.24) is 15.7 Å². The molecule has 0 saturated carbocycles. The highest BCUT2D eigenvalue weighted by Crippen LogP contribution is 2.20. The second-order valence-corrected chi connectivity index (χ2v) is 5.93. The van der Waals surface area contributed by atoms with Crippen LogP contribution in [0.3, 0.4) is 0 Å². The van der Waals surface area contributed by atoms with Gasteiger partial charge in [0.05, 0.1) is 5.69 Å². The van der Waals surface area contributed by atoms with Gasteiger partial charge in [-0.25, -0.2) is 10.3 Å². The predicted octanol–water partition coefficient (Wildman–Crippen LogP) is 3.03.